The monoisotopic (exact) mass is 401 g/mol. The van der Waals surface area contributed by atoms with E-state index in [9.17, 15) is 4.79 Å². The van der Waals surface area contributed by atoms with Crippen molar-refractivity contribution in [1.82, 2.24) is 10.1 Å². The zero-order valence-corrected chi connectivity index (χ0v) is 16.5. The summed E-state index contributed by atoms with van der Waals surface area (Å²) >= 11 is 0. The van der Waals surface area contributed by atoms with Gasteiger partial charge in [0.1, 0.15) is 11.5 Å². The van der Waals surface area contributed by atoms with E-state index in [1.807, 2.05) is 42.5 Å². The van der Waals surface area contributed by atoms with Crippen molar-refractivity contribution in [2.24, 2.45) is 0 Å². The molecule has 0 fully saturated rings. The van der Waals surface area contributed by atoms with Crippen molar-refractivity contribution < 1.29 is 18.8 Å². The van der Waals surface area contributed by atoms with E-state index in [-0.39, 0.29) is 5.91 Å². The third-order valence-electron chi connectivity index (χ3n) is 4.44. The van der Waals surface area contributed by atoms with Crippen molar-refractivity contribution in [3.8, 4) is 34.3 Å². The molecule has 3 aromatic carbocycles. The molecular formula is C23H19N3O4. The maximum Gasteiger partial charge on any atom is 0.258 e. The maximum atomic E-state index is 12.7. The Balaban J connectivity index is 1.56. The second-order valence-corrected chi connectivity index (χ2v) is 6.43. The van der Waals surface area contributed by atoms with Gasteiger partial charge in [0.2, 0.25) is 5.82 Å². The molecule has 7 nitrogen and oxygen atoms in total. The standard InChI is InChI=1S/C23H19N3O4/c1-28-19-12-17(13-20(14-19)29-2)22(27)24-18-10-6-9-16(11-18)23-25-21(26-30-23)15-7-4-3-5-8-15/h3-14H,1-2H3,(H,24,27). The van der Waals surface area contributed by atoms with Gasteiger partial charge in [0.25, 0.3) is 11.8 Å². The fraction of sp³-hybridized carbons (Fsp3) is 0.0870. The molecule has 0 saturated heterocycles. The van der Waals surface area contributed by atoms with Crippen molar-refractivity contribution >= 4 is 11.6 Å². The third-order valence-corrected chi connectivity index (χ3v) is 4.44. The Labute approximate surface area is 173 Å². The zero-order valence-electron chi connectivity index (χ0n) is 16.5. The van der Waals surface area contributed by atoms with Gasteiger partial charge in [-0.1, -0.05) is 41.6 Å². The van der Waals surface area contributed by atoms with E-state index in [2.05, 4.69) is 15.5 Å². The predicted octanol–water partition coefficient (Wildman–Crippen LogP) is 4.67. The minimum atomic E-state index is -0.292. The topological polar surface area (TPSA) is 86.5 Å². The molecule has 0 aliphatic heterocycles. The molecule has 0 aliphatic carbocycles. The van der Waals surface area contributed by atoms with Gasteiger partial charge >= 0.3 is 0 Å². The minimum Gasteiger partial charge on any atom is -0.497 e. The Morgan fingerprint density at radius 2 is 1.57 bits per heavy atom. The lowest BCUT2D eigenvalue weighted by Crippen LogP contribution is -2.12. The minimum absolute atomic E-state index is 0.292. The number of nitrogens with zero attached hydrogens (tertiary/aromatic N) is 2. The average Bonchev–Trinajstić information content (AvgIpc) is 3.30. The van der Waals surface area contributed by atoms with Crippen LogP contribution in [-0.2, 0) is 0 Å². The number of carbonyl (C=O) groups is 1. The smallest absolute Gasteiger partial charge is 0.258 e. The molecule has 1 heterocycles. The van der Waals surface area contributed by atoms with E-state index in [0.29, 0.717) is 40.0 Å². The molecule has 7 heteroatoms. The fourth-order valence-corrected chi connectivity index (χ4v) is 2.92. The van der Waals surface area contributed by atoms with Gasteiger partial charge in [-0.2, -0.15) is 4.98 Å². The van der Waals surface area contributed by atoms with Crippen LogP contribution in [-0.4, -0.2) is 30.3 Å². The van der Waals surface area contributed by atoms with Crippen molar-refractivity contribution in [2.75, 3.05) is 19.5 Å². The van der Waals surface area contributed by atoms with Gasteiger partial charge < -0.3 is 19.3 Å². The van der Waals surface area contributed by atoms with E-state index in [0.717, 1.165) is 5.56 Å². The largest absolute Gasteiger partial charge is 0.497 e. The van der Waals surface area contributed by atoms with E-state index < -0.39 is 0 Å². The second kappa shape index (κ2) is 8.48. The summed E-state index contributed by atoms with van der Waals surface area (Å²) in [6, 6.07) is 21.8. The lowest BCUT2D eigenvalue weighted by Gasteiger charge is -2.09. The highest BCUT2D eigenvalue weighted by atomic mass is 16.5. The number of aromatic nitrogens is 2. The van der Waals surface area contributed by atoms with Gasteiger partial charge in [0.15, 0.2) is 0 Å². The van der Waals surface area contributed by atoms with E-state index in [1.165, 1.54) is 14.2 Å². The highest BCUT2D eigenvalue weighted by molar-refractivity contribution is 6.05. The Bertz CT molecular complexity index is 1150. The van der Waals surface area contributed by atoms with Gasteiger partial charge in [-0.25, -0.2) is 0 Å². The van der Waals surface area contributed by atoms with Crippen molar-refractivity contribution in [3.63, 3.8) is 0 Å². The van der Waals surface area contributed by atoms with Crippen LogP contribution in [0.4, 0.5) is 5.69 Å². The molecule has 30 heavy (non-hydrogen) atoms. The summed E-state index contributed by atoms with van der Waals surface area (Å²) in [5, 5.41) is 6.91. The summed E-state index contributed by atoms with van der Waals surface area (Å²) in [5.41, 5.74) is 2.58. The second-order valence-electron chi connectivity index (χ2n) is 6.43. The first-order valence-corrected chi connectivity index (χ1v) is 9.20. The molecule has 0 spiro atoms. The van der Waals surface area contributed by atoms with E-state index in [4.69, 9.17) is 14.0 Å². The molecule has 150 valence electrons. The molecule has 1 N–H and O–H groups in total. The third kappa shape index (κ3) is 4.15. The van der Waals surface area contributed by atoms with Crippen LogP contribution in [0.15, 0.2) is 77.3 Å². The van der Waals surface area contributed by atoms with Gasteiger partial charge in [-0.05, 0) is 30.3 Å². The van der Waals surface area contributed by atoms with E-state index in [1.54, 1.807) is 30.3 Å². The van der Waals surface area contributed by atoms with Crippen LogP contribution in [0.25, 0.3) is 22.8 Å². The summed E-state index contributed by atoms with van der Waals surface area (Å²) in [7, 11) is 3.07. The Morgan fingerprint density at radius 3 is 2.27 bits per heavy atom. The number of ether oxygens (including phenoxy) is 2. The molecular weight excluding hydrogens is 382 g/mol. The molecule has 0 atom stereocenters. The van der Waals surface area contributed by atoms with Crippen LogP contribution in [0.2, 0.25) is 0 Å². The number of rotatable bonds is 6. The van der Waals surface area contributed by atoms with Crippen LogP contribution >= 0.6 is 0 Å². The predicted molar refractivity (Wildman–Crippen MR) is 113 cm³/mol. The summed E-state index contributed by atoms with van der Waals surface area (Å²) in [5.74, 6) is 1.65. The molecule has 1 aromatic heterocycles. The van der Waals surface area contributed by atoms with Gasteiger partial charge in [0.05, 0.1) is 14.2 Å². The number of hydrogen-bond donors (Lipinski definition) is 1. The van der Waals surface area contributed by atoms with Crippen LogP contribution in [0.3, 0.4) is 0 Å². The van der Waals surface area contributed by atoms with Crippen LogP contribution in [0.1, 0.15) is 10.4 Å². The Hall–Kier alpha value is -4.13. The Morgan fingerprint density at radius 1 is 0.867 bits per heavy atom. The fourth-order valence-electron chi connectivity index (χ4n) is 2.92. The average molecular weight is 401 g/mol. The Kier molecular flexibility index (Phi) is 5.43. The number of amides is 1. The van der Waals surface area contributed by atoms with E-state index >= 15 is 0 Å². The molecule has 0 radical (unpaired) electrons. The highest BCUT2D eigenvalue weighted by Crippen LogP contribution is 2.26. The van der Waals surface area contributed by atoms with Crippen LogP contribution in [0.5, 0.6) is 11.5 Å². The quantitative estimate of drug-likeness (QED) is 0.505. The molecule has 4 aromatic rings. The molecule has 4 rings (SSSR count). The lowest BCUT2D eigenvalue weighted by molar-refractivity contribution is 0.102. The first-order chi connectivity index (χ1) is 14.7. The summed E-state index contributed by atoms with van der Waals surface area (Å²) < 4.78 is 15.9. The first kappa shape index (κ1) is 19.2. The highest BCUT2D eigenvalue weighted by Gasteiger charge is 2.13. The first-order valence-electron chi connectivity index (χ1n) is 9.20. The molecule has 0 aliphatic rings. The SMILES string of the molecule is COc1cc(OC)cc(C(=O)Nc2cccc(-c3nc(-c4ccccc4)no3)c2)c1. The van der Waals surface area contributed by atoms with Gasteiger partial charge in [-0.3, -0.25) is 4.79 Å². The number of nitrogens with one attached hydrogen (secondary N) is 1. The number of benzene rings is 3. The van der Waals surface area contributed by atoms with Crippen molar-refractivity contribution in [1.29, 1.82) is 0 Å². The zero-order chi connectivity index (χ0) is 20.9. The van der Waals surface area contributed by atoms with Gasteiger partial charge in [0, 0.05) is 28.4 Å². The number of anilines is 1. The molecule has 0 bridgehead atoms. The molecule has 1 amide bonds. The van der Waals surface area contributed by atoms with Crippen molar-refractivity contribution in [3.05, 3.63) is 78.4 Å². The summed E-state index contributed by atoms with van der Waals surface area (Å²) in [4.78, 5) is 17.2. The molecule has 0 unspecified atom stereocenters. The summed E-state index contributed by atoms with van der Waals surface area (Å²) in [6.07, 6.45) is 0. The summed E-state index contributed by atoms with van der Waals surface area (Å²) in [6.45, 7) is 0. The lowest BCUT2D eigenvalue weighted by atomic mass is 10.1. The van der Waals surface area contributed by atoms with Crippen LogP contribution in [0, 0.1) is 0 Å². The number of methoxy groups -OCH3 is 2. The van der Waals surface area contributed by atoms with Gasteiger partial charge in [-0.15, -0.1) is 0 Å². The van der Waals surface area contributed by atoms with Crippen LogP contribution < -0.4 is 14.8 Å². The normalized spacial score (nSPS) is 10.5. The number of hydrogen-bond acceptors (Lipinski definition) is 6. The maximum absolute atomic E-state index is 12.7. The molecule has 0 saturated carbocycles. The van der Waals surface area contributed by atoms with Crippen molar-refractivity contribution in [2.45, 2.75) is 0 Å². The number of carbonyl (C=O) groups excluding carboxylic acids is 1.